The molecule has 0 aliphatic rings. The molecule has 1 N–H and O–H groups in total. The minimum Gasteiger partial charge on any atom is -0.490 e. The second-order valence-corrected chi connectivity index (χ2v) is 8.73. The molecule has 0 aliphatic carbocycles. The quantitative estimate of drug-likeness (QED) is 0.229. The summed E-state index contributed by atoms with van der Waals surface area (Å²) in [5.41, 5.74) is 2.08. The molecule has 176 valence electrons. The van der Waals surface area contributed by atoms with Gasteiger partial charge in [-0.1, -0.05) is 57.3 Å². The summed E-state index contributed by atoms with van der Waals surface area (Å²) in [7, 11) is 0. The molecule has 0 unspecified atom stereocenters. The molecule has 0 saturated carbocycles. The van der Waals surface area contributed by atoms with Crippen molar-refractivity contribution >= 4 is 56.8 Å². The highest BCUT2D eigenvalue weighted by molar-refractivity contribution is 9.10. The number of anilines is 1. The van der Waals surface area contributed by atoms with Crippen molar-refractivity contribution in [3.63, 3.8) is 0 Å². The average molecular weight is 571 g/mol. The van der Waals surface area contributed by atoms with E-state index in [-0.39, 0.29) is 17.2 Å². The fourth-order valence-electron chi connectivity index (χ4n) is 3.03. The summed E-state index contributed by atoms with van der Waals surface area (Å²) in [4.78, 5) is 12.7. The van der Waals surface area contributed by atoms with Crippen molar-refractivity contribution < 1.29 is 14.3 Å². The van der Waals surface area contributed by atoms with E-state index >= 15 is 0 Å². The van der Waals surface area contributed by atoms with Crippen LogP contribution in [0.25, 0.3) is 6.08 Å². The predicted octanol–water partition coefficient (Wildman–Crippen LogP) is 7.15. The Bertz CT molecular complexity index is 1380. The first-order chi connectivity index (χ1) is 16.9. The number of amides is 1. The molecule has 35 heavy (non-hydrogen) atoms. The number of carbonyl (C=O) groups excluding carboxylic acids is 1. The van der Waals surface area contributed by atoms with Crippen molar-refractivity contribution in [1.29, 1.82) is 10.5 Å². The number of ether oxygens (including phenoxy) is 2. The lowest BCUT2D eigenvalue weighted by molar-refractivity contribution is -0.112. The monoisotopic (exact) mass is 569 g/mol. The fourth-order valence-corrected chi connectivity index (χ4v) is 3.76. The topological polar surface area (TPSA) is 95.1 Å². The second-order valence-electron chi connectivity index (χ2n) is 7.06. The molecule has 9 heteroatoms. The molecule has 3 aromatic rings. The SMILES string of the molecule is CCOc1cc(/C=C(\C#N)C(=O)Nc2ccc(Cl)c(Cl)c2)c(Br)cc1OCc1ccccc1C#N. The highest BCUT2D eigenvalue weighted by atomic mass is 79.9. The van der Waals surface area contributed by atoms with Gasteiger partial charge >= 0.3 is 0 Å². The number of nitrogens with one attached hydrogen (secondary N) is 1. The Morgan fingerprint density at radius 2 is 1.80 bits per heavy atom. The van der Waals surface area contributed by atoms with Gasteiger partial charge in [0.05, 0.1) is 28.3 Å². The zero-order valence-corrected chi connectivity index (χ0v) is 21.5. The molecule has 0 spiro atoms. The number of halogens is 3. The van der Waals surface area contributed by atoms with E-state index < -0.39 is 5.91 Å². The van der Waals surface area contributed by atoms with Crippen LogP contribution in [0, 0.1) is 22.7 Å². The number of nitrogens with zero attached hydrogens (tertiary/aromatic N) is 2. The molecule has 0 aliphatic heterocycles. The van der Waals surface area contributed by atoms with Gasteiger partial charge in [-0.05, 0) is 55.0 Å². The lowest BCUT2D eigenvalue weighted by Crippen LogP contribution is -2.13. The lowest BCUT2D eigenvalue weighted by Gasteiger charge is -2.15. The summed E-state index contributed by atoms with van der Waals surface area (Å²) in [6.07, 6.45) is 1.44. The molecule has 3 aromatic carbocycles. The van der Waals surface area contributed by atoms with Crippen LogP contribution in [0.4, 0.5) is 5.69 Å². The van der Waals surface area contributed by atoms with Gasteiger partial charge in [-0.2, -0.15) is 10.5 Å². The Hall–Kier alpha value is -3.49. The van der Waals surface area contributed by atoms with E-state index in [1.165, 1.54) is 12.1 Å². The number of nitriles is 2. The highest BCUT2D eigenvalue weighted by Gasteiger charge is 2.15. The van der Waals surface area contributed by atoms with Crippen molar-refractivity contribution in [2.45, 2.75) is 13.5 Å². The van der Waals surface area contributed by atoms with E-state index in [0.717, 1.165) is 5.56 Å². The summed E-state index contributed by atoms with van der Waals surface area (Å²) in [5, 5.41) is 22.1. The predicted molar refractivity (Wildman–Crippen MR) is 139 cm³/mol. The Labute approximate surface area is 221 Å². The van der Waals surface area contributed by atoms with E-state index in [2.05, 4.69) is 27.3 Å². The average Bonchev–Trinajstić information content (AvgIpc) is 2.85. The molecule has 1 amide bonds. The first-order valence-corrected chi connectivity index (χ1v) is 11.9. The van der Waals surface area contributed by atoms with Gasteiger partial charge in [-0.15, -0.1) is 0 Å². The van der Waals surface area contributed by atoms with Gasteiger partial charge in [0, 0.05) is 15.7 Å². The number of benzene rings is 3. The van der Waals surface area contributed by atoms with Gasteiger partial charge in [-0.25, -0.2) is 0 Å². The third kappa shape index (κ3) is 6.77. The van der Waals surface area contributed by atoms with E-state index in [1.54, 1.807) is 36.4 Å². The maximum absolute atomic E-state index is 12.7. The van der Waals surface area contributed by atoms with E-state index in [4.69, 9.17) is 32.7 Å². The zero-order chi connectivity index (χ0) is 25.4. The first kappa shape index (κ1) is 26.1. The van der Waals surface area contributed by atoms with Crippen LogP contribution in [0.3, 0.4) is 0 Å². The Kier molecular flexibility index (Phi) is 9.17. The lowest BCUT2D eigenvalue weighted by atomic mass is 10.1. The van der Waals surface area contributed by atoms with Crippen molar-refractivity contribution in [1.82, 2.24) is 0 Å². The van der Waals surface area contributed by atoms with Crippen LogP contribution in [-0.2, 0) is 11.4 Å². The molecule has 0 heterocycles. The molecule has 0 bridgehead atoms. The third-order valence-corrected chi connectivity index (χ3v) is 6.15. The molecule has 0 aromatic heterocycles. The van der Waals surface area contributed by atoms with Gasteiger partial charge in [0.1, 0.15) is 18.2 Å². The summed E-state index contributed by atoms with van der Waals surface area (Å²) in [5.74, 6) is 0.269. The third-order valence-electron chi connectivity index (χ3n) is 4.73. The van der Waals surface area contributed by atoms with E-state index in [0.29, 0.717) is 44.4 Å². The number of hydrogen-bond acceptors (Lipinski definition) is 5. The Morgan fingerprint density at radius 3 is 2.49 bits per heavy atom. The van der Waals surface area contributed by atoms with E-state index in [9.17, 15) is 15.3 Å². The maximum atomic E-state index is 12.7. The standard InChI is InChI=1S/C26H18BrCl2N3O3/c1-2-34-24-10-18(9-19(14-31)26(33)32-20-7-8-22(28)23(29)11-20)21(27)12-25(24)35-15-17-6-4-3-5-16(17)13-30/h3-12H,2,15H2,1H3,(H,32,33)/b19-9+. The molecular formula is C26H18BrCl2N3O3. The molecule has 0 atom stereocenters. The van der Waals surface area contributed by atoms with Crippen molar-refractivity contribution in [3.05, 3.63) is 91.4 Å². The van der Waals surface area contributed by atoms with Crippen LogP contribution in [0.15, 0.2) is 64.6 Å². The van der Waals surface area contributed by atoms with Crippen molar-refractivity contribution in [3.8, 4) is 23.6 Å². The maximum Gasteiger partial charge on any atom is 0.266 e. The highest BCUT2D eigenvalue weighted by Crippen LogP contribution is 2.36. The van der Waals surface area contributed by atoms with Gasteiger partial charge in [0.15, 0.2) is 11.5 Å². The van der Waals surface area contributed by atoms with Gasteiger partial charge in [0.25, 0.3) is 5.91 Å². The van der Waals surface area contributed by atoms with Gasteiger partial charge in [-0.3, -0.25) is 4.79 Å². The fraction of sp³-hybridized carbons (Fsp3) is 0.115. The van der Waals surface area contributed by atoms with Gasteiger partial charge in [0.2, 0.25) is 0 Å². The Balaban J connectivity index is 1.87. The molecular weight excluding hydrogens is 553 g/mol. The van der Waals surface area contributed by atoms with Crippen LogP contribution in [-0.4, -0.2) is 12.5 Å². The minimum atomic E-state index is -0.607. The van der Waals surface area contributed by atoms with Crippen molar-refractivity contribution in [2.24, 2.45) is 0 Å². The molecule has 0 radical (unpaired) electrons. The normalized spacial score (nSPS) is 10.7. The number of rotatable bonds is 8. The van der Waals surface area contributed by atoms with Crippen LogP contribution < -0.4 is 14.8 Å². The molecule has 0 saturated heterocycles. The summed E-state index contributed by atoms with van der Waals surface area (Å²) >= 11 is 15.4. The van der Waals surface area contributed by atoms with E-state index in [1.807, 2.05) is 25.1 Å². The zero-order valence-electron chi connectivity index (χ0n) is 18.4. The van der Waals surface area contributed by atoms with Crippen LogP contribution >= 0.6 is 39.1 Å². The first-order valence-electron chi connectivity index (χ1n) is 10.3. The van der Waals surface area contributed by atoms with Crippen LogP contribution in [0.5, 0.6) is 11.5 Å². The number of hydrogen-bond donors (Lipinski definition) is 1. The largest absolute Gasteiger partial charge is 0.490 e. The Morgan fingerprint density at radius 1 is 1.06 bits per heavy atom. The number of carbonyl (C=O) groups is 1. The van der Waals surface area contributed by atoms with Crippen LogP contribution in [0.2, 0.25) is 10.0 Å². The second kappa shape index (κ2) is 12.3. The minimum absolute atomic E-state index is 0.129. The van der Waals surface area contributed by atoms with Crippen LogP contribution in [0.1, 0.15) is 23.6 Å². The van der Waals surface area contributed by atoms with Crippen molar-refractivity contribution in [2.75, 3.05) is 11.9 Å². The molecule has 0 fully saturated rings. The molecule has 6 nitrogen and oxygen atoms in total. The smallest absolute Gasteiger partial charge is 0.266 e. The summed E-state index contributed by atoms with van der Waals surface area (Å²) in [6.45, 7) is 2.37. The molecule has 3 rings (SSSR count). The summed E-state index contributed by atoms with van der Waals surface area (Å²) in [6, 6.07) is 19.2. The summed E-state index contributed by atoms with van der Waals surface area (Å²) < 4.78 is 12.2. The van der Waals surface area contributed by atoms with Gasteiger partial charge < -0.3 is 14.8 Å².